The molecule has 1 aromatic heterocycles. The second-order valence-electron chi connectivity index (χ2n) is 2.57. The molecular weight excluding hydrogens is 261 g/mol. The van der Waals surface area contributed by atoms with Crippen LogP contribution in [0.15, 0.2) is 10.9 Å². The largest absolute Gasteiger partial charge is 0.573 e. The van der Waals surface area contributed by atoms with Crippen molar-refractivity contribution in [2.45, 2.75) is 12.8 Å². The van der Waals surface area contributed by atoms with Crippen molar-refractivity contribution in [1.82, 2.24) is 4.98 Å². The lowest BCUT2D eigenvalue weighted by Crippen LogP contribution is -2.21. The van der Waals surface area contributed by atoms with Gasteiger partial charge in [0, 0.05) is 6.07 Å². The van der Waals surface area contributed by atoms with Crippen LogP contribution < -0.4 is 10.3 Å². The van der Waals surface area contributed by atoms with Gasteiger partial charge in [-0.1, -0.05) is 11.6 Å². The molecule has 0 fully saturated rings. The highest BCUT2D eigenvalue weighted by Gasteiger charge is 2.35. The Morgan fingerprint density at radius 3 is 2.38 bits per heavy atom. The zero-order valence-electron chi connectivity index (χ0n) is 7.24. The van der Waals surface area contributed by atoms with Crippen LogP contribution in [-0.2, 0) is 0 Å². The molecule has 0 amide bonds. The minimum absolute atomic E-state index is 0.508. The molecular formula is C7H3ClF5NO2. The molecule has 9 heteroatoms. The van der Waals surface area contributed by atoms with E-state index in [0.717, 1.165) is 0 Å². The summed E-state index contributed by atoms with van der Waals surface area (Å²) in [5.41, 5.74) is -2.36. The number of halogens is 6. The van der Waals surface area contributed by atoms with Gasteiger partial charge in [0.15, 0.2) is 5.75 Å². The van der Waals surface area contributed by atoms with Gasteiger partial charge in [0.1, 0.15) is 5.69 Å². The first-order valence-corrected chi connectivity index (χ1v) is 4.05. The summed E-state index contributed by atoms with van der Waals surface area (Å²) < 4.78 is 63.4. The molecule has 0 aliphatic rings. The van der Waals surface area contributed by atoms with Crippen molar-refractivity contribution in [3.63, 3.8) is 0 Å². The third-order valence-electron chi connectivity index (χ3n) is 1.41. The van der Waals surface area contributed by atoms with Crippen LogP contribution in [0.4, 0.5) is 22.0 Å². The molecule has 90 valence electrons. The number of rotatable bonds is 2. The van der Waals surface area contributed by atoms with Gasteiger partial charge in [-0.15, -0.1) is 13.2 Å². The number of pyridine rings is 1. The second-order valence-corrected chi connectivity index (χ2v) is 2.98. The van der Waals surface area contributed by atoms with Crippen molar-refractivity contribution in [1.29, 1.82) is 0 Å². The van der Waals surface area contributed by atoms with Crippen molar-refractivity contribution >= 4 is 11.6 Å². The molecule has 0 aliphatic heterocycles. The molecule has 1 heterocycles. The molecule has 1 N–H and O–H groups in total. The summed E-state index contributed by atoms with van der Waals surface area (Å²) in [4.78, 5) is 12.2. The molecule has 0 radical (unpaired) electrons. The summed E-state index contributed by atoms with van der Waals surface area (Å²) in [7, 11) is 0. The topological polar surface area (TPSA) is 42.1 Å². The Balaban J connectivity index is 3.30. The molecule has 0 bridgehead atoms. The first kappa shape index (κ1) is 12.8. The molecule has 0 saturated heterocycles. The van der Waals surface area contributed by atoms with E-state index < -0.39 is 34.8 Å². The van der Waals surface area contributed by atoms with Crippen LogP contribution in [0.2, 0.25) is 5.02 Å². The predicted octanol–water partition coefficient (Wildman–Crippen LogP) is 2.86. The lowest BCUT2D eigenvalue weighted by atomic mass is 10.3. The number of alkyl halides is 5. The third kappa shape index (κ3) is 3.09. The van der Waals surface area contributed by atoms with Crippen molar-refractivity contribution in [3.8, 4) is 5.75 Å². The van der Waals surface area contributed by atoms with E-state index in [2.05, 4.69) is 4.74 Å². The SMILES string of the molecule is O=c1cc(Cl)c(OC(F)(F)F)c(C(F)F)[nH]1. The Labute approximate surface area is 89.8 Å². The molecule has 1 aromatic rings. The van der Waals surface area contributed by atoms with E-state index >= 15 is 0 Å². The fraction of sp³-hybridized carbons (Fsp3) is 0.286. The van der Waals surface area contributed by atoms with Gasteiger partial charge in [0.25, 0.3) is 6.43 Å². The first-order valence-electron chi connectivity index (χ1n) is 3.67. The number of aromatic nitrogens is 1. The predicted molar refractivity (Wildman–Crippen MR) is 43.7 cm³/mol. The van der Waals surface area contributed by atoms with Crippen LogP contribution in [0.25, 0.3) is 0 Å². The monoisotopic (exact) mass is 263 g/mol. The van der Waals surface area contributed by atoms with Crippen LogP contribution in [0.1, 0.15) is 12.1 Å². The molecule has 1 rings (SSSR count). The molecule has 3 nitrogen and oxygen atoms in total. The second kappa shape index (κ2) is 4.28. The van der Waals surface area contributed by atoms with E-state index in [9.17, 15) is 26.7 Å². The standard InChI is InChI=1S/C7H3ClF5NO2/c8-2-1-3(15)14-4(6(9)10)5(2)16-7(11,12)13/h1,6H,(H,14,15). The van der Waals surface area contributed by atoms with Gasteiger partial charge in [0.2, 0.25) is 5.56 Å². The average molecular weight is 264 g/mol. The molecule has 0 spiro atoms. The van der Waals surface area contributed by atoms with Crippen molar-refractivity contribution in [2.24, 2.45) is 0 Å². The van der Waals surface area contributed by atoms with Gasteiger partial charge in [-0.2, -0.15) is 0 Å². The summed E-state index contributed by atoms with van der Waals surface area (Å²) in [5.74, 6) is -1.30. The quantitative estimate of drug-likeness (QED) is 0.834. The Bertz CT molecular complexity index is 441. The lowest BCUT2D eigenvalue weighted by molar-refractivity contribution is -0.275. The first-order chi connectivity index (χ1) is 7.20. The third-order valence-corrected chi connectivity index (χ3v) is 1.69. The summed E-state index contributed by atoms with van der Waals surface area (Å²) >= 11 is 5.21. The van der Waals surface area contributed by atoms with Gasteiger partial charge >= 0.3 is 6.36 Å². The number of ether oxygens (including phenoxy) is 1. The minimum atomic E-state index is -5.18. The maximum Gasteiger partial charge on any atom is 0.573 e. The van der Waals surface area contributed by atoms with E-state index in [1.807, 2.05) is 0 Å². The highest BCUT2D eigenvalue weighted by molar-refractivity contribution is 6.32. The van der Waals surface area contributed by atoms with E-state index in [4.69, 9.17) is 11.6 Å². The maximum atomic E-state index is 12.3. The van der Waals surface area contributed by atoms with E-state index in [1.165, 1.54) is 4.98 Å². The number of hydrogen-bond donors (Lipinski definition) is 1. The number of nitrogens with one attached hydrogen (secondary N) is 1. The summed E-state index contributed by atoms with van der Waals surface area (Å²) in [5, 5.41) is -0.837. The number of H-pyrrole nitrogens is 1. The Kier molecular flexibility index (Phi) is 3.41. The maximum absolute atomic E-state index is 12.3. The van der Waals surface area contributed by atoms with Gasteiger partial charge in [0.05, 0.1) is 5.02 Å². The summed E-state index contributed by atoms with van der Waals surface area (Å²) in [6.07, 6.45) is -8.52. The molecule has 0 saturated carbocycles. The van der Waals surface area contributed by atoms with E-state index in [-0.39, 0.29) is 0 Å². The lowest BCUT2D eigenvalue weighted by Gasteiger charge is -2.13. The average Bonchev–Trinajstić information content (AvgIpc) is 2.07. The molecule has 16 heavy (non-hydrogen) atoms. The van der Waals surface area contributed by atoms with Crippen molar-refractivity contribution in [2.75, 3.05) is 0 Å². The minimum Gasteiger partial charge on any atom is -0.402 e. The van der Waals surface area contributed by atoms with E-state index in [1.54, 1.807) is 0 Å². The van der Waals surface area contributed by atoms with Gasteiger partial charge in [-0.3, -0.25) is 4.79 Å². The Hall–Kier alpha value is -1.31. The smallest absolute Gasteiger partial charge is 0.402 e. The Morgan fingerprint density at radius 2 is 1.94 bits per heavy atom. The van der Waals surface area contributed by atoms with Crippen LogP contribution >= 0.6 is 11.6 Å². The number of hydrogen-bond acceptors (Lipinski definition) is 2. The van der Waals surface area contributed by atoms with Crippen LogP contribution in [0, 0.1) is 0 Å². The fourth-order valence-electron chi connectivity index (χ4n) is 0.908. The van der Waals surface area contributed by atoms with E-state index in [0.29, 0.717) is 6.07 Å². The van der Waals surface area contributed by atoms with Crippen LogP contribution in [0.5, 0.6) is 5.75 Å². The molecule has 0 aromatic carbocycles. The Morgan fingerprint density at radius 1 is 1.38 bits per heavy atom. The zero-order chi connectivity index (χ0) is 12.5. The highest BCUT2D eigenvalue weighted by atomic mass is 35.5. The number of aromatic amines is 1. The molecule has 0 aliphatic carbocycles. The summed E-state index contributed by atoms with van der Waals surface area (Å²) in [6, 6.07) is 0.508. The summed E-state index contributed by atoms with van der Waals surface area (Å²) in [6.45, 7) is 0. The van der Waals surface area contributed by atoms with Crippen LogP contribution in [0.3, 0.4) is 0 Å². The normalized spacial score (nSPS) is 11.9. The zero-order valence-corrected chi connectivity index (χ0v) is 7.99. The van der Waals surface area contributed by atoms with Crippen LogP contribution in [-0.4, -0.2) is 11.3 Å². The molecule has 0 atom stereocenters. The van der Waals surface area contributed by atoms with Crippen molar-refractivity contribution < 1.29 is 26.7 Å². The fourth-order valence-corrected chi connectivity index (χ4v) is 1.15. The van der Waals surface area contributed by atoms with Gasteiger partial charge in [-0.25, -0.2) is 8.78 Å². The highest BCUT2D eigenvalue weighted by Crippen LogP contribution is 2.35. The van der Waals surface area contributed by atoms with Gasteiger partial charge in [-0.05, 0) is 0 Å². The van der Waals surface area contributed by atoms with Crippen molar-refractivity contribution in [3.05, 3.63) is 27.1 Å². The van der Waals surface area contributed by atoms with Gasteiger partial charge < -0.3 is 9.72 Å². The molecule has 0 unspecified atom stereocenters.